The maximum Gasteiger partial charge on any atom is 0.252 e. The first kappa shape index (κ1) is 20.4. The third-order valence-electron chi connectivity index (χ3n) is 6.44. The second-order valence-electron chi connectivity index (χ2n) is 8.64. The molecule has 4 aromatic rings. The number of pyridine rings is 1. The van der Waals surface area contributed by atoms with Crippen LogP contribution in [0.4, 0.5) is 0 Å². The molecule has 0 radical (unpaired) electrons. The molecule has 0 fully saturated rings. The van der Waals surface area contributed by atoms with E-state index in [9.17, 15) is 4.79 Å². The van der Waals surface area contributed by atoms with Gasteiger partial charge >= 0.3 is 0 Å². The summed E-state index contributed by atoms with van der Waals surface area (Å²) in [5, 5.41) is 8.82. The molecule has 2 aromatic carbocycles. The van der Waals surface area contributed by atoms with E-state index in [1.54, 1.807) is 0 Å². The number of hydrogen-bond donors (Lipinski definition) is 1. The van der Waals surface area contributed by atoms with E-state index < -0.39 is 0 Å². The van der Waals surface area contributed by atoms with E-state index in [4.69, 9.17) is 4.98 Å². The van der Waals surface area contributed by atoms with Crippen LogP contribution in [0, 0.1) is 13.8 Å². The van der Waals surface area contributed by atoms with Gasteiger partial charge in [-0.25, -0.2) is 9.67 Å². The lowest BCUT2D eigenvalue weighted by atomic mass is 9.87. The standard InChI is InChI=1S/C27H28N4O/c1-4-31-26-25(18(3)30-31)22(16-24(28-26)20-14-12-17(2)13-15-20)27(32)29-23-11-7-9-19-8-5-6-10-21(19)23/h5-6,8,10,12-16,23H,4,7,9,11H2,1-3H3,(H,29,32). The Kier molecular flexibility index (Phi) is 5.25. The predicted octanol–water partition coefficient (Wildman–Crippen LogP) is 5.54. The minimum atomic E-state index is -0.0637. The summed E-state index contributed by atoms with van der Waals surface area (Å²) >= 11 is 0. The van der Waals surface area contributed by atoms with E-state index in [0.29, 0.717) is 12.1 Å². The zero-order chi connectivity index (χ0) is 22.2. The molecule has 1 aliphatic rings. The van der Waals surface area contributed by atoms with Gasteiger partial charge in [0, 0.05) is 12.1 Å². The summed E-state index contributed by atoms with van der Waals surface area (Å²) in [5.74, 6) is -0.0637. The van der Waals surface area contributed by atoms with Gasteiger partial charge in [-0.3, -0.25) is 4.79 Å². The molecule has 162 valence electrons. The van der Waals surface area contributed by atoms with Crippen LogP contribution in [-0.4, -0.2) is 20.7 Å². The van der Waals surface area contributed by atoms with Crippen LogP contribution in [0.3, 0.4) is 0 Å². The Bertz CT molecular complexity index is 1300. The summed E-state index contributed by atoms with van der Waals surface area (Å²) in [6.45, 7) is 6.77. The number of aromatic nitrogens is 3. The number of fused-ring (bicyclic) bond motifs is 2. The van der Waals surface area contributed by atoms with Crippen LogP contribution in [0.1, 0.15) is 58.5 Å². The van der Waals surface area contributed by atoms with Crippen molar-refractivity contribution >= 4 is 16.9 Å². The van der Waals surface area contributed by atoms with Crippen molar-refractivity contribution in [3.63, 3.8) is 0 Å². The summed E-state index contributed by atoms with van der Waals surface area (Å²) in [6, 6.07) is 18.6. The first-order valence-corrected chi connectivity index (χ1v) is 11.4. The fourth-order valence-corrected chi connectivity index (χ4v) is 4.77. The molecule has 1 N–H and O–H groups in total. The Morgan fingerprint density at radius 1 is 1.12 bits per heavy atom. The lowest BCUT2D eigenvalue weighted by molar-refractivity contribution is 0.0934. The molecule has 1 amide bonds. The van der Waals surface area contributed by atoms with Crippen LogP contribution in [0.25, 0.3) is 22.3 Å². The van der Waals surface area contributed by atoms with Gasteiger partial charge < -0.3 is 5.32 Å². The Labute approximate surface area is 188 Å². The van der Waals surface area contributed by atoms with Crippen LogP contribution in [0.5, 0.6) is 0 Å². The van der Waals surface area contributed by atoms with Gasteiger partial charge in [0.15, 0.2) is 5.65 Å². The maximum absolute atomic E-state index is 13.6. The van der Waals surface area contributed by atoms with Gasteiger partial charge in [0.05, 0.1) is 28.4 Å². The number of carbonyl (C=O) groups is 1. The fraction of sp³-hybridized carbons (Fsp3) is 0.296. The average molecular weight is 425 g/mol. The second kappa shape index (κ2) is 8.23. The van der Waals surface area contributed by atoms with Crippen LogP contribution < -0.4 is 5.32 Å². The molecular formula is C27H28N4O. The molecule has 1 aliphatic carbocycles. The highest BCUT2D eigenvalue weighted by atomic mass is 16.1. The lowest BCUT2D eigenvalue weighted by Gasteiger charge is -2.26. The first-order valence-electron chi connectivity index (χ1n) is 11.4. The monoisotopic (exact) mass is 424 g/mol. The summed E-state index contributed by atoms with van der Waals surface area (Å²) in [4.78, 5) is 18.6. The lowest BCUT2D eigenvalue weighted by Crippen LogP contribution is -2.31. The summed E-state index contributed by atoms with van der Waals surface area (Å²) in [5.41, 5.74) is 7.79. The molecule has 0 saturated heterocycles. The molecule has 5 rings (SSSR count). The minimum absolute atomic E-state index is 0.0278. The largest absolute Gasteiger partial charge is 0.345 e. The first-order chi connectivity index (χ1) is 15.5. The molecule has 5 heteroatoms. The number of nitrogens with one attached hydrogen (secondary N) is 1. The predicted molar refractivity (Wildman–Crippen MR) is 128 cm³/mol. The highest BCUT2D eigenvalue weighted by molar-refractivity contribution is 6.07. The van der Waals surface area contributed by atoms with Gasteiger partial charge in [-0.05, 0) is 57.2 Å². The van der Waals surface area contributed by atoms with Crippen molar-refractivity contribution in [1.82, 2.24) is 20.1 Å². The Balaban J connectivity index is 1.60. The van der Waals surface area contributed by atoms with E-state index in [2.05, 4.69) is 65.9 Å². The van der Waals surface area contributed by atoms with Crippen molar-refractivity contribution in [2.75, 3.05) is 0 Å². The third-order valence-corrected chi connectivity index (χ3v) is 6.44. The molecule has 0 aliphatic heterocycles. The quantitative estimate of drug-likeness (QED) is 0.468. The van der Waals surface area contributed by atoms with Gasteiger partial charge in [0.25, 0.3) is 5.91 Å². The van der Waals surface area contributed by atoms with E-state index in [1.807, 2.05) is 24.6 Å². The fourth-order valence-electron chi connectivity index (χ4n) is 4.77. The van der Waals surface area contributed by atoms with E-state index in [-0.39, 0.29) is 11.9 Å². The Morgan fingerprint density at radius 2 is 1.91 bits per heavy atom. The van der Waals surface area contributed by atoms with E-state index in [1.165, 1.54) is 16.7 Å². The number of amides is 1. The Hall–Kier alpha value is -3.47. The van der Waals surface area contributed by atoms with Gasteiger partial charge in [0.2, 0.25) is 0 Å². The zero-order valence-electron chi connectivity index (χ0n) is 18.9. The second-order valence-corrected chi connectivity index (χ2v) is 8.64. The highest BCUT2D eigenvalue weighted by Gasteiger charge is 2.25. The number of carbonyl (C=O) groups excluding carboxylic acids is 1. The molecule has 0 bridgehead atoms. The topological polar surface area (TPSA) is 59.8 Å². The van der Waals surface area contributed by atoms with Crippen molar-refractivity contribution in [3.05, 3.63) is 82.5 Å². The van der Waals surface area contributed by atoms with Crippen molar-refractivity contribution in [1.29, 1.82) is 0 Å². The zero-order valence-corrected chi connectivity index (χ0v) is 18.9. The van der Waals surface area contributed by atoms with Crippen molar-refractivity contribution in [3.8, 4) is 11.3 Å². The summed E-state index contributed by atoms with van der Waals surface area (Å²) in [7, 11) is 0. The van der Waals surface area contributed by atoms with E-state index in [0.717, 1.165) is 47.2 Å². The number of rotatable bonds is 4. The Morgan fingerprint density at radius 3 is 2.69 bits per heavy atom. The van der Waals surface area contributed by atoms with Gasteiger partial charge in [-0.15, -0.1) is 0 Å². The van der Waals surface area contributed by atoms with Gasteiger partial charge in [-0.1, -0.05) is 54.1 Å². The molecule has 2 aromatic heterocycles. The molecule has 0 spiro atoms. The normalized spacial score (nSPS) is 15.5. The van der Waals surface area contributed by atoms with E-state index >= 15 is 0 Å². The van der Waals surface area contributed by atoms with Crippen molar-refractivity contribution in [2.24, 2.45) is 0 Å². The SMILES string of the molecule is CCn1nc(C)c2c(C(=O)NC3CCCc4ccccc43)cc(-c3ccc(C)cc3)nc21. The van der Waals surface area contributed by atoms with Crippen LogP contribution in [0.15, 0.2) is 54.6 Å². The van der Waals surface area contributed by atoms with Gasteiger partial charge in [-0.2, -0.15) is 5.10 Å². The molecule has 32 heavy (non-hydrogen) atoms. The molecule has 0 saturated carbocycles. The number of benzene rings is 2. The van der Waals surface area contributed by atoms with Crippen molar-refractivity contribution in [2.45, 2.75) is 52.6 Å². The van der Waals surface area contributed by atoms with Crippen LogP contribution in [-0.2, 0) is 13.0 Å². The number of nitrogens with zero attached hydrogens (tertiary/aromatic N) is 3. The summed E-state index contributed by atoms with van der Waals surface area (Å²) in [6.07, 6.45) is 3.10. The number of aryl methyl sites for hydroxylation is 4. The summed E-state index contributed by atoms with van der Waals surface area (Å²) < 4.78 is 1.88. The molecule has 1 atom stereocenters. The van der Waals surface area contributed by atoms with Crippen LogP contribution in [0.2, 0.25) is 0 Å². The molecular weight excluding hydrogens is 396 g/mol. The molecule has 2 heterocycles. The smallest absolute Gasteiger partial charge is 0.252 e. The minimum Gasteiger partial charge on any atom is -0.345 e. The van der Waals surface area contributed by atoms with Gasteiger partial charge in [0.1, 0.15) is 0 Å². The molecule has 5 nitrogen and oxygen atoms in total. The maximum atomic E-state index is 13.6. The van der Waals surface area contributed by atoms with Crippen LogP contribution >= 0.6 is 0 Å². The van der Waals surface area contributed by atoms with Crippen molar-refractivity contribution < 1.29 is 4.79 Å². The third kappa shape index (κ3) is 3.58. The number of hydrogen-bond acceptors (Lipinski definition) is 3. The highest BCUT2D eigenvalue weighted by Crippen LogP contribution is 2.31. The average Bonchev–Trinajstić information content (AvgIpc) is 3.15. The molecule has 1 unspecified atom stereocenters.